The van der Waals surface area contributed by atoms with Crippen molar-refractivity contribution in [3.63, 3.8) is 0 Å². The van der Waals surface area contributed by atoms with Gasteiger partial charge in [0.2, 0.25) is 0 Å². The molecule has 2 saturated heterocycles. The molecule has 5 aliphatic heterocycles. The van der Waals surface area contributed by atoms with Gasteiger partial charge in [-0.1, -0.05) is 63.3 Å². The predicted molar refractivity (Wildman–Crippen MR) is 240 cm³/mol. The maximum absolute atomic E-state index is 15.4. The fraction of sp³-hybridized carbons (Fsp3) is 0.625. The Hall–Kier alpha value is -3.72. The van der Waals surface area contributed by atoms with Crippen LogP contribution in [0.25, 0.3) is 10.9 Å². The minimum atomic E-state index is -2.18. The maximum atomic E-state index is 15.4. The number of aliphatic hydroxyl groups excluding tert-OH is 1. The number of carbonyl (C=O) groups is 2. The molecule has 2 aromatic carbocycles. The van der Waals surface area contributed by atoms with Gasteiger partial charge in [0.25, 0.3) is 5.91 Å². The van der Waals surface area contributed by atoms with Crippen molar-refractivity contribution in [1.82, 2.24) is 20.1 Å². The molecule has 5 N–H and O–H groups in total. The number of anilines is 1. The number of aliphatic hydroxyl groups is 3. The molecule has 1 aliphatic carbocycles. The number of aromatic nitrogens is 1. The van der Waals surface area contributed by atoms with Crippen LogP contribution in [0.4, 0.5) is 5.69 Å². The highest BCUT2D eigenvalue weighted by Gasteiger charge is 2.78. The minimum Gasteiger partial charge on any atom is -0.496 e. The van der Waals surface area contributed by atoms with Crippen LogP contribution in [-0.4, -0.2) is 141 Å². The molecule has 2 bridgehead atoms. The number of ether oxygens (including phenoxy) is 2. The predicted octanol–water partition coefficient (Wildman–Crippen LogP) is 4.24. The van der Waals surface area contributed by atoms with Gasteiger partial charge in [-0.3, -0.25) is 19.4 Å². The van der Waals surface area contributed by atoms with Crippen LogP contribution in [0, 0.1) is 11.3 Å². The van der Waals surface area contributed by atoms with Crippen molar-refractivity contribution in [2.24, 2.45) is 11.3 Å². The molecule has 330 valence electrons. The first-order valence-electron chi connectivity index (χ1n) is 22.9. The average Bonchev–Trinajstić information content (AvgIpc) is 3.92. The second-order valence-corrected chi connectivity index (χ2v) is 23.3. The third-order valence-corrected chi connectivity index (χ3v) is 18.0. The Bertz CT molecular complexity index is 2250. The van der Waals surface area contributed by atoms with E-state index >= 15 is 4.79 Å². The SMILES string of the molecule is CC[C@@]1(O)C[C@@H]2CN(CCc3c([nH]c4ccccc34)[C@](C(=O)OC)(c3cc4c(cc3OC)N(C)[C@@H]3[C@](O)(C(=O)NCCC[SiH](C)C)[C@@H](O)[C@@]5(CC)C=CCN6CC[C@@]43[C@H]65)C2)C1. The van der Waals surface area contributed by atoms with E-state index in [1.807, 2.05) is 37.1 Å². The van der Waals surface area contributed by atoms with Gasteiger partial charge in [0, 0.05) is 99.4 Å². The number of amides is 1. The maximum Gasteiger partial charge on any atom is 0.322 e. The number of hydrogen-bond donors (Lipinski definition) is 5. The first-order chi connectivity index (χ1) is 29.2. The molecule has 1 unspecified atom stereocenters. The highest BCUT2D eigenvalue weighted by Crippen LogP contribution is 2.67. The van der Waals surface area contributed by atoms with Gasteiger partial charge < -0.3 is 40.0 Å². The molecule has 1 spiro atoms. The third kappa shape index (κ3) is 5.92. The number of methoxy groups -OCH3 is 2. The molecule has 1 amide bonds. The molecule has 13 heteroatoms. The Morgan fingerprint density at radius 3 is 2.54 bits per heavy atom. The molecule has 9 rings (SSSR count). The Kier molecular flexibility index (Phi) is 10.6. The lowest BCUT2D eigenvalue weighted by atomic mass is 9.47. The van der Waals surface area contributed by atoms with Crippen molar-refractivity contribution >= 4 is 37.3 Å². The second kappa shape index (κ2) is 15.2. The third-order valence-electron chi connectivity index (χ3n) is 16.4. The van der Waals surface area contributed by atoms with Crippen LogP contribution in [-0.2, 0) is 31.6 Å². The van der Waals surface area contributed by atoms with Crippen LogP contribution >= 0.6 is 0 Å². The summed E-state index contributed by atoms with van der Waals surface area (Å²) in [5.74, 6) is -0.522. The standard InChI is InChI=1S/C48H67N5O7Si/c1-8-44(57)26-30-27-47(43(56)60-5,38-32(16-21-52(28-30)29-44)31-14-10-11-15-35(31)50-38)34-24-33-36(25-37(34)59-4)51(3)40-46(33)18-22-53-20-12-17-45(9-2,39(46)53)41(54)48(40,58)42(55)49-19-13-23-61(6)7/h10-12,14-15,17,24-25,30,39-41,50,54,57-58,61H,8-9,13,16,18-23,26-29H2,1-7H3,(H,49,55)/t30-,39+,40-,41-,44+,45-,46-,47+,48+/m0/s1. The van der Waals surface area contributed by atoms with Gasteiger partial charge in [-0.05, 0) is 80.7 Å². The van der Waals surface area contributed by atoms with E-state index < -0.39 is 60.3 Å². The van der Waals surface area contributed by atoms with Gasteiger partial charge in [0.05, 0.1) is 25.9 Å². The van der Waals surface area contributed by atoms with Crippen LogP contribution in [0.5, 0.6) is 5.75 Å². The van der Waals surface area contributed by atoms with E-state index in [0.717, 1.165) is 59.0 Å². The largest absolute Gasteiger partial charge is 0.496 e. The molecular weight excluding hydrogens is 787 g/mol. The summed E-state index contributed by atoms with van der Waals surface area (Å²) in [5.41, 5.74) is -1.07. The van der Waals surface area contributed by atoms with E-state index in [2.05, 4.69) is 70.5 Å². The summed E-state index contributed by atoms with van der Waals surface area (Å²) in [6.07, 6.45) is 6.93. The fourth-order valence-electron chi connectivity index (χ4n) is 13.9. The Labute approximate surface area is 362 Å². The Morgan fingerprint density at radius 1 is 1.03 bits per heavy atom. The number of rotatable bonds is 10. The average molecular weight is 854 g/mol. The number of nitrogens with one attached hydrogen (secondary N) is 2. The highest BCUT2D eigenvalue weighted by molar-refractivity contribution is 6.55. The smallest absolute Gasteiger partial charge is 0.322 e. The number of carbonyl (C=O) groups excluding carboxylic acids is 2. The topological polar surface area (TPSA) is 151 Å². The van der Waals surface area contributed by atoms with Crippen LogP contribution in [0.1, 0.15) is 74.8 Å². The molecule has 1 saturated carbocycles. The number of hydrogen-bond acceptors (Lipinski definition) is 10. The van der Waals surface area contributed by atoms with Crippen molar-refractivity contribution in [3.8, 4) is 5.75 Å². The van der Waals surface area contributed by atoms with Gasteiger partial charge in [0.15, 0.2) is 5.60 Å². The Morgan fingerprint density at radius 2 is 1.82 bits per heavy atom. The van der Waals surface area contributed by atoms with E-state index in [-0.39, 0.29) is 12.0 Å². The lowest BCUT2D eigenvalue weighted by Gasteiger charge is -2.63. The van der Waals surface area contributed by atoms with Crippen LogP contribution < -0.4 is 15.0 Å². The molecular formula is C48H67N5O7Si. The van der Waals surface area contributed by atoms with E-state index in [0.29, 0.717) is 76.0 Å². The number of fused-ring (bicyclic) bond motifs is 6. The molecule has 1 aromatic heterocycles. The molecule has 0 radical (unpaired) electrons. The number of benzene rings is 2. The molecule has 12 nitrogen and oxygen atoms in total. The molecule has 61 heavy (non-hydrogen) atoms. The van der Waals surface area contributed by atoms with Crippen molar-refractivity contribution in [3.05, 3.63) is 70.9 Å². The summed E-state index contributed by atoms with van der Waals surface area (Å²) in [7, 11) is 4.17. The molecule has 10 atom stereocenters. The fourth-order valence-corrected chi connectivity index (χ4v) is 14.9. The number of para-hydroxylation sites is 1. The summed E-state index contributed by atoms with van der Waals surface area (Å²) in [5, 5.41) is 42.4. The monoisotopic (exact) mass is 853 g/mol. The van der Waals surface area contributed by atoms with Gasteiger partial charge in [0.1, 0.15) is 17.3 Å². The van der Waals surface area contributed by atoms with Crippen LogP contribution in [0.2, 0.25) is 19.1 Å². The quantitative estimate of drug-likeness (QED) is 0.0868. The molecule has 3 aromatic rings. The number of aromatic amines is 1. The van der Waals surface area contributed by atoms with Gasteiger partial charge in [-0.25, -0.2) is 0 Å². The minimum absolute atomic E-state index is 0.0723. The summed E-state index contributed by atoms with van der Waals surface area (Å²) >= 11 is 0. The van der Waals surface area contributed by atoms with Gasteiger partial charge in [-0.15, -0.1) is 0 Å². The molecule has 6 aliphatic rings. The van der Waals surface area contributed by atoms with E-state index in [1.165, 1.54) is 7.11 Å². The Balaban J connectivity index is 1.31. The number of H-pyrrole nitrogens is 1. The van der Waals surface area contributed by atoms with Crippen molar-refractivity contribution in [2.45, 2.75) is 118 Å². The molecule has 6 heterocycles. The van der Waals surface area contributed by atoms with Gasteiger partial charge >= 0.3 is 5.97 Å². The van der Waals surface area contributed by atoms with Crippen LogP contribution in [0.15, 0.2) is 48.6 Å². The first kappa shape index (κ1) is 42.6. The van der Waals surface area contributed by atoms with E-state index in [4.69, 9.17) is 9.47 Å². The lowest BCUT2D eigenvalue weighted by Crippen LogP contribution is -2.81. The zero-order valence-electron chi connectivity index (χ0n) is 37.2. The zero-order chi connectivity index (χ0) is 43.3. The van der Waals surface area contributed by atoms with Gasteiger partial charge in [-0.2, -0.15) is 0 Å². The van der Waals surface area contributed by atoms with E-state index in [9.17, 15) is 20.1 Å². The number of esters is 1. The summed E-state index contributed by atoms with van der Waals surface area (Å²) in [6.45, 7) is 12.6. The number of nitrogens with zero attached hydrogens (tertiary/aromatic N) is 3. The first-order valence-corrected chi connectivity index (χ1v) is 26.0. The summed E-state index contributed by atoms with van der Waals surface area (Å²) in [6, 6.07) is 12.4. The van der Waals surface area contributed by atoms with Crippen molar-refractivity contribution < 1.29 is 34.4 Å². The highest BCUT2D eigenvalue weighted by atomic mass is 28.3. The molecule has 3 fully saturated rings. The number of likely N-dealkylation sites (N-methyl/N-ethyl adjacent to an activating group) is 1. The number of piperidine rings is 1. The lowest BCUT2D eigenvalue weighted by molar-refractivity contribution is -0.203. The van der Waals surface area contributed by atoms with E-state index in [1.54, 1.807) is 7.11 Å². The second-order valence-electron chi connectivity index (χ2n) is 19.9. The van der Waals surface area contributed by atoms with Crippen molar-refractivity contribution in [1.29, 1.82) is 0 Å². The summed E-state index contributed by atoms with van der Waals surface area (Å²) < 4.78 is 12.4. The summed E-state index contributed by atoms with van der Waals surface area (Å²) in [4.78, 5) is 40.8. The zero-order valence-corrected chi connectivity index (χ0v) is 38.4. The van der Waals surface area contributed by atoms with Crippen LogP contribution in [0.3, 0.4) is 0 Å². The normalized spacial score (nSPS) is 36.4. The van der Waals surface area contributed by atoms with Crippen molar-refractivity contribution in [2.75, 3.05) is 65.4 Å².